The molecule has 0 spiro atoms. The number of carbonyl (C=O) groups is 1. The third-order valence-corrected chi connectivity index (χ3v) is 3.10. The van der Waals surface area contributed by atoms with Crippen LogP contribution in [0.1, 0.15) is 31.7 Å². The number of carboxylic acids is 1. The Morgan fingerprint density at radius 1 is 1.26 bits per heavy atom. The maximum absolute atomic E-state index is 10.5. The lowest BCUT2D eigenvalue weighted by molar-refractivity contribution is -0.137. The number of hydrogen-bond acceptors (Lipinski definition) is 2. The third kappa shape index (κ3) is 3.44. The lowest BCUT2D eigenvalue weighted by atomic mass is 10.0. The molecular weight excluding hydrogens is 240 g/mol. The largest absolute Gasteiger partial charge is 0.481 e. The molecule has 100 valence electrons. The molecule has 0 aliphatic carbocycles. The van der Waals surface area contributed by atoms with Crippen molar-refractivity contribution in [3.63, 3.8) is 0 Å². The van der Waals surface area contributed by atoms with E-state index in [4.69, 9.17) is 5.11 Å². The fraction of sp³-hybridized carbons (Fsp3) is 0.333. The number of carboxylic acid groups (broad SMARTS) is 1. The second kappa shape index (κ2) is 5.69. The van der Waals surface area contributed by atoms with E-state index in [-0.39, 0.29) is 6.42 Å². The van der Waals surface area contributed by atoms with E-state index in [1.54, 1.807) is 10.9 Å². The Morgan fingerprint density at radius 2 is 1.95 bits per heavy atom. The third-order valence-electron chi connectivity index (χ3n) is 3.10. The average Bonchev–Trinajstić information content (AvgIpc) is 2.85. The zero-order valence-electron chi connectivity index (χ0n) is 11.2. The summed E-state index contributed by atoms with van der Waals surface area (Å²) in [6.07, 6.45) is 3.74. The van der Waals surface area contributed by atoms with E-state index < -0.39 is 5.97 Å². The summed E-state index contributed by atoms with van der Waals surface area (Å²) < 4.78 is 1.67. The zero-order chi connectivity index (χ0) is 13.8. The van der Waals surface area contributed by atoms with Gasteiger partial charge in [-0.3, -0.25) is 9.48 Å². The number of nitrogens with zero attached hydrogens (tertiary/aromatic N) is 2. The molecule has 19 heavy (non-hydrogen) atoms. The summed E-state index contributed by atoms with van der Waals surface area (Å²) >= 11 is 0. The van der Waals surface area contributed by atoms with Crippen molar-refractivity contribution >= 4 is 5.97 Å². The SMILES string of the molecule is CC(C)c1ccc(-c2cnn(CCC(=O)O)c2)cc1. The number of benzene rings is 1. The number of aryl methyl sites for hydroxylation is 1. The van der Waals surface area contributed by atoms with E-state index in [0.29, 0.717) is 12.5 Å². The summed E-state index contributed by atoms with van der Waals surface area (Å²) in [4.78, 5) is 10.5. The molecule has 0 amide bonds. The first kappa shape index (κ1) is 13.3. The van der Waals surface area contributed by atoms with Crippen LogP contribution in [0.3, 0.4) is 0 Å². The van der Waals surface area contributed by atoms with Gasteiger partial charge in [0.2, 0.25) is 0 Å². The summed E-state index contributed by atoms with van der Waals surface area (Å²) in [6, 6.07) is 8.39. The zero-order valence-corrected chi connectivity index (χ0v) is 11.2. The number of aliphatic carboxylic acids is 1. The molecule has 0 unspecified atom stereocenters. The lowest BCUT2D eigenvalue weighted by Crippen LogP contribution is -2.04. The van der Waals surface area contributed by atoms with Crippen LogP contribution in [0.5, 0.6) is 0 Å². The van der Waals surface area contributed by atoms with Crippen molar-refractivity contribution in [3.8, 4) is 11.1 Å². The highest BCUT2D eigenvalue weighted by Gasteiger charge is 2.04. The average molecular weight is 258 g/mol. The number of rotatable bonds is 5. The van der Waals surface area contributed by atoms with Crippen molar-refractivity contribution in [1.82, 2.24) is 9.78 Å². The van der Waals surface area contributed by atoms with Crippen LogP contribution in [-0.2, 0) is 11.3 Å². The molecule has 0 aliphatic rings. The summed E-state index contributed by atoms with van der Waals surface area (Å²) in [5.74, 6) is -0.286. The molecule has 1 aromatic heterocycles. The minimum Gasteiger partial charge on any atom is -0.481 e. The quantitative estimate of drug-likeness (QED) is 0.896. The first-order valence-corrected chi connectivity index (χ1v) is 6.41. The van der Waals surface area contributed by atoms with Crippen molar-refractivity contribution in [3.05, 3.63) is 42.2 Å². The Bertz CT molecular complexity index is 556. The first-order chi connectivity index (χ1) is 9.06. The molecule has 1 aromatic carbocycles. The normalized spacial score (nSPS) is 10.9. The molecule has 2 aromatic rings. The van der Waals surface area contributed by atoms with E-state index in [1.165, 1.54) is 5.56 Å². The van der Waals surface area contributed by atoms with E-state index in [2.05, 4.69) is 43.2 Å². The summed E-state index contributed by atoms with van der Waals surface area (Å²) in [5.41, 5.74) is 3.42. The standard InChI is InChI=1S/C15H18N2O2/c1-11(2)12-3-5-13(6-4-12)14-9-16-17(10-14)8-7-15(18)19/h3-6,9-11H,7-8H2,1-2H3,(H,18,19). The summed E-state index contributed by atoms with van der Waals surface area (Å²) in [6.45, 7) is 4.73. The van der Waals surface area contributed by atoms with Crippen LogP contribution in [0, 0.1) is 0 Å². The highest BCUT2D eigenvalue weighted by atomic mass is 16.4. The highest BCUT2D eigenvalue weighted by molar-refractivity contribution is 5.66. The van der Waals surface area contributed by atoms with Gasteiger partial charge in [-0.25, -0.2) is 0 Å². The molecule has 4 nitrogen and oxygen atoms in total. The van der Waals surface area contributed by atoms with Gasteiger partial charge in [-0.05, 0) is 17.0 Å². The minimum absolute atomic E-state index is 0.0907. The van der Waals surface area contributed by atoms with Gasteiger partial charge in [0.1, 0.15) is 0 Å². The maximum atomic E-state index is 10.5. The highest BCUT2D eigenvalue weighted by Crippen LogP contribution is 2.22. The van der Waals surface area contributed by atoms with Crippen molar-refractivity contribution in [2.75, 3.05) is 0 Å². The van der Waals surface area contributed by atoms with Crippen molar-refractivity contribution in [2.45, 2.75) is 32.7 Å². The maximum Gasteiger partial charge on any atom is 0.305 e. The minimum atomic E-state index is -0.807. The van der Waals surface area contributed by atoms with Gasteiger partial charge >= 0.3 is 5.97 Å². The Kier molecular flexibility index (Phi) is 4.00. The van der Waals surface area contributed by atoms with Crippen LogP contribution in [0.25, 0.3) is 11.1 Å². The van der Waals surface area contributed by atoms with E-state index in [1.807, 2.05) is 6.20 Å². The first-order valence-electron chi connectivity index (χ1n) is 6.41. The van der Waals surface area contributed by atoms with Crippen LogP contribution in [0.2, 0.25) is 0 Å². The van der Waals surface area contributed by atoms with Gasteiger partial charge in [0.25, 0.3) is 0 Å². The predicted molar refractivity (Wildman–Crippen MR) is 74.0 cm³/mol. The van der Waals surface area contributed by atoms with Gasteiger partial charge in [0.15, 0.2) is 0 Å². The Hall–Kier alpha value is -2.10. The smallest absolute Gasteiger partial charge is 0.305 e. The van der Waals surface area contributed by atoms with Gasteiger partial charge in [0.05, 0.1) is 19.2 Å². The van der Waals surface area contributed by atoms with Crippen molar-refractivity contribution in [1.29, 1.82) is 0 Å². The van der Waals surface area contributed by atoms with Crippen LogP contribution in [0.15, 0.2) is 36.7 Å². The molecule has 1 heterocycles. The van der Waals surface area contributed by atoms with Crippen LogP contribution in [0.4, 0.5) is 0 Å². The second-order valence-corrected chi connectivity index (χ2v) is 4.91. The number of aromatic nitrogens is 2. The Labute approximate surface area is 112 Å². The van der Waals surface area contributed by atoms with Crippen LogP contribution in [-0.4, -0.2) is 20.9 Å². The fourth-order valence-electron chi connectivity index (χ4n) is 1.91. The van der Waals surface area contributed by atoms with E-state index in [0.717, 1.165) is 11.1 Å². The van der Waals surface area contributed by atoms with Gasteiger partial charge < -0.3 is 5.11 Å². The predicted octanol–water partition coefficient (Wildman–Crippen LogP) is 3.15. The molecule has 4 heteroatoms. The Balaban J connectivity index is 2.11. The fourth-order valence-corrected chi connectivity index (χ4v) is 1.91. The topological polar surface area (TPSA) is 55.1 Å². The molecule has 2 rings (SSSR count). The molecule has 0 radical (unpaired) electrons. The van der Waals surface area contributed by atoms with Gasteiger partial charge in [-0.2, -0.15) is 5.10 Å². The molecular formula is C15H18N2O2. The Morgan fingerprint density at radius 3 is 2.53 bits per heavy atom. The summed E-state index contributed by atoms with van der Waals surface area (Å²) in [5, 5.41) is 12.8. The van der Waals surface area contributed by atoms with Crippen LogP contribution >= 0.6 is 0 Å². The van der Waals surface area contributed by atoms with Crippen molar-refractivity contribution in [2.24, 2.45) is 0 Å². The van der Waals surface area contributed by atoms with Gasteiger partial charge in [-0.15, -0.1) is 0 Å². The van der Waals surface area contributed by atoms with E-state index in [9.17, 15) is 4.79 Å². The monoisotopic (exact) mass is 258 g/mol. The summed E-state index contributed by atoms with van der Waals surface area (Å²) in [7, 11) is 0. The molecule has 0 fully saturated rings. The number of hydrogen-bond donors (Lipinski definition) is 1. The van der Waals surface area contributed by atoms with Gasteiger partial charge in [-0.1, -0.05) is 38.1 Å². The van der Waals surface area contributed by atoms with Crippen LogP contribution < -0.4 is 0 Å². The molecule has 0 bridgehead atoms. The molecule has 1 N–H and O–H groups in total. The molecule has 0 saturated heterocycles. The lowest BCUT2D eigenvalue weighted by Gasteiger charge is -2.05. The second-order valence-electron chi connectivity index (χ2n) is 4.91. The molecule has 0 atom stereocenters. The van der Waals surface area contributed by atoms with Crippen molar-refractivity contribution < 1.29 is 9.90 Å². The molecule has 0 aliphatic heterocycles. The van der Waals surface area contributed by atoms with E-state index >= 15 is 0 Å². The molecule has 0 saturated carbocycles. The van der Waals surface area contributed by atoms with Gasteiger partial charge in [0, 0.05) is 11.8 Å².